The number of Topliss-reactive ketones (excluding diaryl/α,β-unsaturated/α-hetero) is 1. The molecule has 7 heteroatoms. The second-order valence-electron chi connectivity index (χ2n) is 3.77. The number of carbonyl (C=O) groups is 1. The van der Waals surface area contributed by atoms with Crippen molar-refractivity contribution in [1.29, 1.82) is 0 Å². The van der Waals surface area contributed by atoms with E-state index in [0.29, 0.717) is 30.3 Å². The fraction of sp³-hybridized carbons (Fsp3) is 0.364. The lowest BCUT2D eigenvalue weighted by Gasteiger charge is -2.18. The molecule has 1 aromatic rings. The summed E-state index contributed by atoms with van der Waals surface area (Å²) >= 11 is 0. The number of carbonyl (C=O) groups excluding carboxylic acids is 1. The fourth-order valence-corrected chi connectivity index (χ4v) is 2.24. The molecule has 0 radical (unpaired) electrons. The van der Waals surface area contributed by atoms with E-state index in [2.05, 4.69) is 0 Å². The topological polar surface area (TPSA) is 69.7 Å². The molecule has 0 N–H and O–H groups in total. The molecule has 98 valence electrons. The summed E-state index contributed by atoms with van der Waals surface area (Å²) in [6, 6.07) is 4.77. The van der Waals surface area contributed by atoms with Gasteiger partial charge in [0, 0.05) is 22.7 Å². The quantitative estimate of drug-likeness (QED) is 0.622. The molecular formula is C11H11ClO5S. The lowest BCUT2D eigenvalue weighted by Crippen LogP contribution is -2.16. The monoisotopic (exact) mass is 290 g/mol. The first kappa shape index (κ1) is 13.2. The molecular weight excluding hydrogens is 280 g/mol. The van der Waals surface area contributed by atoms with Crippen LogP contribution in [0.4, 0.5) is 0 Å². The summed E-state index contributed by atoms with van der Waals surface area (Å²) in [7, 11) is 1.41. The average molecular weight is 291 g/mol. The van der Waals surface area contributed by atoms with Gasteiger partial charge in [0.25, 0.3) is 0 Å². The van der Waals surface area contributed by atoms with Crippen molar-refractivity contribution in [2.45, 2.75) is 6.42 Å². The van der Waals surface area contributed by atoms with E-state index in [-0.39, 0.29) is 18.0 Å². The maximum absolute atomic E-state index is 11.8. The first-order valence-electron chi connectivity index (χ1n) is 5.31. The summed E-state index contributed by atoms with van der Waals surface area (Å²) in [5, 5.41) is 0. The maximum Gasteiger partial charge on any atom is 0.233 e. The second-order valence-corrected chi connectivity index (χ2v) is 6.67. The molecule has 0 unspecified atom stereocenters. The lowest BCUT2D eigenvalue weighted by molar-refractivity contribution is 0.0987. The third kappa shape index (κ3) is 3.36. The van der Waals surface area contributed by atoms with Gasteiger partial charge in [-0.25, -0.2) is 8.42 Å². The maximum atomic E-state index is 11.8. The van der Waals surface area contributed by atoms with Crippen LogP contribution in [0.15, 0.2) is 18.2 Å². The van der Waals surface area contributed by atoms with E-state index in [9.17, 15) is 13.2 Å². The molecule has 0 spiro atoms. The molecule has 5 nitrogen and oxygen atoms in total. The Bertz CT molecular complexity index is 567. The van der Waals surface area contributed by atoms with Crippen LogP contribution in [0.3, 0.4) is 0 Å². The Morgan fingerprint density at radius 1 is 1.22 bits per heavy atom. The van der Waals surface area contributed by atoms with E-state index in [1.54, 1.807) is 18.2 Å². The van der Waals surface area contributed by atoms with Crippen molar-refractivity contribution in [3.63, 3.8) is 0 Å². The highest BCUT2D eigenvalue weighted by Crippen LogP contribution is 2.31. The summed E-state index contributed by atoms with van der Waals surface area (Å²) in [5.74, 6) is 0.418. The molecule has 1 heterocycles. The minimum atomic E-state index is -3.65. The Morgan fingerprint density at radius 3 is 2.56 bits per heavy atom. The second kappa shape index (κ2) is 5.16. The van der Waals surface area contributed by atoms with E-state index in [4.69, 9.17) is 20.2 Å². The summed E-state index contributed by atoms with van der Waals surface area (Å²) in [6.07, 6.45) is -0.147. The summed E-state index contributed by atoms with van der Waals surface area (Å²) in [4.78, 5) is 11.8. The number of hydrogen-bond donors (Lipinski definition) is 0. The molecule has 0 aliphatic carbocycles. The third-order valence-electron chi connectivity index (χ3n) is 2.44. The van der Waals surface area contributed by atoms with Gasteiger partial charge in [-0.15, -0.1) is 0 Å². The first-order chi connectivity index (χ1) is 8.46. The van der Waals surface area contributed by atoms with Crippen LogP contribution in [0.5, 0.6) is 11.5 Å². The number of halogens is 1. The molecule has 1 aliphatic rings. The Hall–Kier alpha value is -1.27. The van der Waals surface area contributed by atoms with Crippen LogP contribution in [-0.4, -0.2) is 33.2 Å². The molecule has 18 heavy (non-hydrogen) atoms. The summed E-state index contributed by atoms with van der Waals surface area (Å²) < 4.78 is 32.2. The molecule has 0 atom stereocenters. The smallest absolute Gasteiger partial charge is 0.233 e. The Labute approximate surface area is 109 Å². The summed E-state index contributed by atoms with van der Waals surface area (Å²) in [6.45, 7) is 0.908. The van der Waals surface area contributed by atoms with Crippen LogP contribution < -0.4 is 9.47 Å². The fourth-order valence-electron chi connectivity index (χ4n) is 1.58. The van der Waals surface area contributed by atoms with Crippen molar-refractivity contribution in [2.75, 3.05) is 19.0 Å². The molecule has 0 saturated heterocycles. The zero-order chi connectivity index (χ0) is 13.2. The van der Waals surface area contributed by atoms with Gasteiger partial charge in [0.1, 0.15) is 13.2 Å². The highest BCUT2D eigenvalue weighted by Gasteiger charge is 2.16. The van der Waals surface area contributed by atoms with Crippen molar-refractivity contribution in [1.82, 2.24) is 0 Å². The van der Waals surface area contributed by atoms with Gasteiger partial charge in [0.15, 0.2) is 17.3 Å². The standard InChI is InChI=1S/C11H11ClO5S/c12-18(14,15)6-3-9(13)8-1-2-10-11(7-8)17-5-4-16-10/h1-2,7H,3-6H2. The number of rotatable bonds is 4. The van der Waals surface area contributed by atoms with E-state index in [0.717, 1.165) is 0 Å². The molecule has 2 rings (SSSR count). The molecule has 0 fully saturated rings. The molecule has 0 amide bonds. The molecule has 0 aromatic heterocycles. The SMILES string of the molecule is O=C(CCS(=O)(=O)Cl)c1ccc2c(c1)OCCO2. The van der Waals surface area contributed by atoms with Gasteiger partial charge in [-0.05, 0) is 18.2 Å². The van der Waals surface area contributed by atoms with E-state index in [1.165, 1.54) is 0 Å². The highest BCUT2D eigenvalue weighted by molar-refractivity contribution is 8.13. The number of benzene rings is 1. The Morgan fingerprint density at radius 2 is 1.89 bits per heavy atom. The Balaban J connectivity index is 2.11. The predicted octanol–water partition coefficient (Wildman–Crippen LogP) is 1.60. The van der Waals surface area contributed by atoms with Crippen LogP contribution in [0.1, 0.15) is 16.8 Å². The van der Waals surface area contributed by atoms with Crippen LogP contribution in [-0.2, 0) is 9.05 Å². The van der Waals surface area contributed by atoms with Crippen LogP contribution >= 0.6 is 10.7 Å². The van der Waals surface area contributed by atoms with Crippen LogP contribution in [0.25, 0.3) is 0 Å². The van der Waals surface area contributed by atoms with Crippen molar-refractivity contribution < 1.29 is 22.7 Å². The van der Waals surface area contributed by atoms with Crippen molar-refractivity contribution in [3.8, 4) is 11.5 Å². The van der Waals surface area contributed by atoms with Crippen LogP contribution in [0, 0.1) is 0 Å². The van der Waals surface area contributed by atoms with Crippen LogP contribution in [0.2, 0.25) is 0 Å². The normalized spacial score (nSPS) is 14.3. The van der Waals surface area contributed by atoms with Gasteiger partial charge in [-0.1, -0.05) is 0 Å². The number of ether oxygens (including phenoxy) is 2. The zero-order valence-electron chi connectivity index (χ0n) is 9.39. The van der Waals surface area contributed by atoms with Gasteiger partial charge < -0.3 is 9.47 Å². The number of ketones is 1. The molecule has 0 saturated carbocycles. The lowest BCUT2D eigenvalue weighted by atomic mass is 10.1. The van der Waals surface area contributed by atoms with Crippen molar-refractivity contribution >= 4 is 25.5 Å². The van der Waals surface area contributed by atoms with Gasteiger partial charge in [0.2, 0.25) is 9.05 Å². The molecule has 1 aromatic carbocycles. The largest absolute Gasteiger partial charge is 0.486 e. The molecule has 1 aliphatic heterocycles. The van der Waals surface area contributed by atoms with E-state index < -0.39 is 9.05 Å². The van der Waals surface area contributed by atoms with Gasteiger partial charge >= 0.3 is 0 Å². The van der Waals surface area contributed by atoms with Crippen molar-refractivity contribution in [3.05, 3.63) is 23.8 Å². The first-order valence-corrected chi connectivity index (χ1v) is 7.79. The number of hydrogen-bond acceptors (Lipinski definition) is 5. The third-order valence-corrected chi connectivity index (χ3v) is 3.59. The Kier molecular flexibility index (Phi) is 3.77. The predicted molar refractivity (Wildman–Crippen MR) is 66.0 cm³/mol. The minimum absolute atomic E-state index is 0.147. The van der Waals surface area contributed by atoms with Gasteiger partial charge in [0.05, 0.1) is 5.75 Å². The summed E-state index contributed by atoms with van der Waals surface area (Å²) in [5.41, 5.74) is 0.388. The van der Waals surface area contributed by atoms with E-state index >= 15 is 0 Å². The molecule has 0 bridgehead atoms. The van der Waals surface area contributed by atoms with Gasteiger partial charge in [-0.2, -0.15) is 0 Å². The average Bonchev–Trinajstić information content (AvgIpc) is 2.34. The highest BCUT2D eigenvalue weighted by atomic mass is 35.7. The number of fused-ring (bicyclic) bond motifs is 1. The van der Waals surface area contributed by atoms with E-state index in [1.807, 2.05) is 0 Å². The minimum Gasteiger partial charge on any atom is -0.486 e. The van der Waals surface area contributed by atoms with Gasteiger partial charge in [-0.3, -0.25) is 4.79 Å². The zero-order valence-corrected chi connectivity index (χ0v) is 11.0. The van der Waals surface area contributed by atoms with Crippen molar-refractivity contribution in [2.24, 2.45) is 0 Å².